The molecule has 0 amide bonds. The van der Waals surface area contributed by atoms with E-state index in [9.17, 15) is 9.59 Å². The Morgan fingerprint density at radius 2 is 1.77 bits per heavy atom. The Kier molecular flexibility index (Phi) is 2.19. The number of hydrogen-bond acceptors (Lipinski definition) is 4. The molecule has 68 valence electrons. The van der Waals surface area contributed by atoms with Crippen LogP contribution >= 0.6 is 0 Å². The molecule has 5 heteroatoms. The molecule has 1 aromatic rings. The van der Waals surface area contributed by atoms with Crippen molar-refractivity contribution in [3.63, 3.8) is 0 Å². The quantitative estimate of drug-likeness (QED) is 0.349. The molecule has 0 aliphatic carbocycles. The summed E-state index contributed by atoms with van der Waals surface area (Å²) in [6.45, 7) is 0. The molecule has 0 bridgehead atoms. The number of aromatic hydroxyl groups is 2. The smallest absolute Gasteiger partial charge is 0.377 e. The zero-order valence-electron chi connectivity index (χ0n) is 6.39. The molecule has 3 N–H and O–H groups in total. The van der Waals surface area contributed by atoms with Crippen molar-refractivity contribution < 1.29 is 24.9 Å². The second-order valence-corrected chi connectivity index (χ2v) is 2.34. The van der Waals surface area contributed by atoms with E-state index in [4.69, 9.17) is 15.3 Å². The van der Waals surface area contributed by atoms with Crippen LogP contribution < -0.4 is 0 Å². The van der Waals surface area contributed by atoms with Gasteiger partial charge in [0.2, 0.25) is 0 Å². The SMILES string of the molecule is O=C(O)C(=O)c1cc(O)ccc1O. The molecule has 0 saturated heterocycles. The van der Waals surface area contributed by atoms with Crippen LogP contribution in [0.4, 0.5) is 0 Å². The van der Waals surface area contributed by atoms with Crippen molar-refractivity contribution in [2.24, 2.45) is 0 Å². The zero-order valence-corrected chi connectivity index (χ0v) is 6.39. The number of carboxylic acid groups (broad SMARTS) is 1. The number of ketones is 1. The molecule has 0 aliphatic rings. The maximum Gasteiger partial charge on any atom is 0.377 e. The van der Waals surface area contributed by atoms with Crippen LogP contribution in [0.15, 0.2) is 18.2 Å². The van der Waals surface area contributed by atoms with Gasteiger partial charge in [-0.25, -0.2) is 4.79 Å². The van der Waals surface area contributed by atoms with Crippen LogP contribution in [0.5, 0.6) is 11.5 Å². The monoisotopic (exact) mass is 182 g/mol. The Bertz CT molecular complexity index is 369. The molecule has 0 aliphatic heterocycles. The van der Waals surface area contributed by atoms with Crippen LogP contribution in [0.2, 0.25) is 0 Å². The molecule has 0 saturated carbocycles. The molecular weight excluding hydrogens is 176 g/mol. The van der Waals surface area contributed by atoms with E-state index in [-0.39, 0.29) is 5.75 Å². The van der Waals surface area contributed by atoms with Crippen LogP contribution in [0, 0.1) is 0 Å². The lowest BCUT2D eigenvalue weighted by atomic mass is 10.1. The minimum absolute atomic E-state index is 0.276. The average molecular weight is 182 g/mol. The molecule has 5 nitrogen and oxygen atoms in total. The summed E-state index contributed by atoms with van der Waals surface area (Å²) >= 11 is 0. The largest absolute Gasteiger partial charge is 0.508 e. The van der Waals surface area contributed by atoms with Crippen LogP contribution in [0.25, 0.3) is 0 Å². The van der Waals surface area contributed by atoms with Crippen LogP contribution in [-0.2, 0) is 4.79 Å². The number of carboxylic acids is 1. The molecule has 0 fully saturated rings. The summed E-state index contributed by atoms with van der Waals surface area (Å²) in [5.41, 5.74) is -0.424. The van der Waals surface area contributed by atoms with Crippen LogP contribution in [-0.4, -0.2) is 27.1 Å². The molecule has 0 aromatic heterocycles. The number of aliphatic carboxylic acids is 1. The molecule has 0 atom stereocenters. The lowest BCUT2D eigenvalue weighted by Gasteiger charge is -2.00. The highest BCUT2D eigenvalue weighted by Crippen LogP contribution is 2.22. The van der Waals surface area contributed by atoms with Gasteiger partial charge in [-0.2, -0.15) is 0 Å². The molecular formula is C8H6O5. The van der Waals surface area contributed by atoms with Gasteiger partial charge in [0.05, 0.1) is 5.56 Å². The first-order valence-electron chi connectivity index (χ1n) is 3.32. The second-order valence-electron chi connectivity index (χ2n) is 2.34. The van der Waals surface area contributed by atoms with Gasteiger partial charge < -0.3 is 15.3 Å². The summed E-state index contributed by atoms with van der Waals surface area (Å²) < 4.78 is 0. The Morgan fingerprint density at radius 3 is 2.31 bits per heavy atom. The van der Waals surface area contributed by atoms with E-state index in [1.54, 1.807) is 0 Å². The first-order valence-corrected chi connectivity index (χ1v) is 3.32. The van der Waals surface area contributed by atoms with Crippen molar-refractivity contribution in [3.8, 4) is 11.5 Å². The number of benzene rings is 1. The minimum Gasteiger partial charge on any atom is -0.508 e. The molecule has 0 spiro atoms. The van der Waals surface area contributed by atoms with E-state index >= 15 is 0 Å². The topological polar surface area (TPSA) is 94.8 Å². The first kappa shape index (κ1) is 9.05. The number of carbonyl (C=O) groups excluding carboxylic acids is 1. The van der Waals surface area contributed by atoms with Crippen molar-refractivity contribution in [3.05, 3.63) is 23.8 Å². The minimum atomic E-state index is -1.68. The van der Waals surface area contributed by atoms with Crippen molar-refractivity contribution in [1.29, 1.82) is 0 Å². The van der Waals surface area contributed by atoms with Gasteiger partial charge in [-0.15, -0.1) is 0 Å². The molecule has 0 unspecified atom stereocenters. The van der Waals surface area contributed by atoms with E-state index in [0.717, 1.165) is 18.2 Å². The van der Waals surface area contributed by atoms with Gasteiger partial charge in [0.25, 0.3) is 5.78 Å². The molecule has 13 heavy (non-hydrogen) atoms. The van der Waals surface area contributed by atoms with Crippen LogP contribution in [0.1, 0.15) is 10.4 Å². The third kappa shape index (κ3) is 1.76. The van der Waals surface area contributed by atoms with Crippen molar-refractivity contribution in [2.75, 3.05) is 0 Å². The second kappa shape index (κ2) is 3.14. The molecule has 0 heterocycles. The number of phenolic OH excluding ortho intramolecular Hbond substituents is 2. The summed E-state index contributed by atoms with van der Waals surface area (Å²) in [7, 11) is 0. The summed E-state index contributed by atoms with van der Waals surface area (Å²) in [4.78, 5) is 21.1. The maximum absolute atomic E-state index is 10.8. The summed E-state index contributed by atoms with van der Waals surface area (Å²) in [5, 5.41) is 26.3. The van der Waals surface area contributed by atoms with Gasteiger partial charge >= 0.3 is 5.97 Å². The van der Waals surface area contributed by atoms with E-state index in [1.807, 2.05) is 0 Å². The highest BCUT2D eigenvalue weighted by Gasteiger charge is 2.18. The van der Waals surface area contributed by atoms with Crippen molar-refractivity contribution >= 4 is 11.8 Å². The fraction of sp³-hybridized carbons (Fsp3) is 0. The fourth-order valence-electron chi connectivity index (χ4n) is 0.821. The highest BCUT2D eigenvalue weighted by atomic mass is 16.4. The lowest BCUT2D eigenvalue weighted by Crippen LogP contribution is -2.12. The summed E-state index contributed by atoms with van der Waals surface area (Å²) in [6.07, 6.45) is 0. The number of phenols is 2. The number of Topliss-reactive ketones (excluding diaryl/α,β-unsaturated/α-hetero) is 1. The molecule has 1 rings (SSSR count). The third-order valence-electron chi connectivity index (χ3n) is 1.42. The number of rotatable bonds is 2. The normalized spacial score (nSPS) is 9.54. The predicted molar refractivity (Wildman–Crippen MR) is 41.7 cm³/mol. The number of hydrogen-bond donors (Lipinski definition) is 3. The fourth-order valence-corrected chi connectivity index (χ4v) is 0.821. The van der Waals surface area contributed by atoms with Gasteiger partial charge in [-0.3, -0.25) is 4.79 Å². The van der Waals surface area contributed by atoms with Gasteiger partial charge in [-0.05, 0) is 18.2 Å². The van der Waals surface area contributed by atoms with E-state index < -0.39 is 23.1 Å². The van der Waals surface area contributed by atoms with Gasteiger partial charge in [0, 0.05) is 0 Å². The standard InChI is InChI=1S/C8H6O5/c9-4-1-2-6(10)5(3-4)7(11)8(12)13/h1-3,9-10H,(H,12,13). The Labute approximate surface area is 72.9 Å². The van der Waals surface area contributed by atoms with E-state index in [0.29, 0.717) is 0 Å². The number of carbonyl (C=O) groups is 2. The van der Waals surface area contributed by atoms with E-state index in [2.05, 4.69) is 0 Å². The van der Waals surface area contributed by atoms with Gasteiger partial charge in [0.15, 0.2) is 0 Å². The Hall–Kier alpha value is -2.04. The Balaban J connectivity index is 3.21. The molecule has 1 aromatic carbocycles. The summed E-state index contributed by atoms with van der Waals surface area (Å²) in [5.74, 6) is -3.68. The predicted octanol–water partition coefficient (Wildman–Crippen LogP) is 0.365. The van der Waals surface area contributed by atoms with Crippen LogP contribution in [0.3, 0.4) is 0 Å². The first-order chi connectivity index (χ1) is 6.02. The lowest BCUT2D eigenvalue weighted by molar-refractivity contribution is -0.131. The van der Waals surface area contributed by atoms with Gasteiger partial charge in [-0.1, -0.05) is 0 Å². The highest BCUT2D eigenvalue weighted by molar-refractivity contribution is 6.40. The Morgan fingerprint density at radius 1 is 1.15 bits per heavy atom. The van der Waals surface area contributed by atoms with E-state index in [1.165, 1.54) is 0 Å². The average Bonchev–Trinajstić information content (AvgIpc) is 2.08. The molecule has 0 radical (unpaired) electrons. The maximum atomic E-state index is 10.8. The summed E-state index contributed by atoms with van der Waals surface area (Å²) in [6, 6.07) is 3.09. The third-order valence-corrected chi connectivity index (χ3v) is 1.42. The zero-order chi connectivity index (χ0) is 10.0. The van der Waals surface area contributed by atoms with Gasteiger partial charge in [0.1, 0.15) is 11.5 Å². The van der Waals surface area contributed by atoms with Crippen molar-refractivity contribution in [1.82, 2.24) is 0 Å². The van der Waals surface area contributed by atoms with Crippen molar-refractivity contribution in [2.45, 2.75) is 0 Å².